The molecule has 1 saturated heterocycles. The number of aryl methyl sites for hydroxylation is 1. The first-order valence-electron chi connectivity index (χ1n) is 8.46. The van der Waals surface area contributed by atoms with Crippen molar-refractivity contribution in [2.45, 2.75) is 32.4 Å². The summed E-state index contributed by atoms with van der Waals surface area (Å²) >= 11 is 0. The molecule has 6 heteroatoms. The van der Waals surface area contributed by atoms with Crippen LogP contribution < -0.4 is 10.1 Å². The summed E-state index contributed by atoms with van der Waals surface area (Å²) < 4.78 is 7.03. The second kappa shape index (κ2) is 7.53. The van der Waals surface area contributed by atoms with E-state index in [1.54, 1.807) is 18.0 Å². The van der Waals surface area contributed by atoms with E-state index in [1.807, 2.05) is 37.5 Å². The lowest BCUT2D eigenvalue weighted by atomic mass is 10.1. The molecule has 1 fully saturated rings. The monoisotopic (exact) mass is 340 g/mol. The van der Waals surface area contributed by atoms with Crippen molar-refractivity contribution in [3.8, 4) is 5.75 Å². The molecule has 0 unspecified atom stereocenters. The second-order valence-electron chi connectivity index (χ2n) is 6.33. The Morgan fingerprint density at radius 2 is 2.36 bits per heavy atom. The first-order chi connectivity index (χ1) is 12.1. The molecule has 1 amide bonds. The number of benzene rings is 1. The Morgan fingerprint density at radius 3 is 3.08 bits per heavy atom. The van der Waals surface area contributed by atoms with Crippen LogP contribution in [-0.4, -0.2) is 40.3 Å². The molecule has 0 spiro atoms. The highest BCUT2D eigenvalue weighted by Crippen LogP contribution is 2.27. The van der Waals surface area contributed by atoms with Crippen LogP contribution in [0.2, 0.25) is 0 Å². The van der Waals surface area contributed by atoms with Crippen molar-refractivity contribution in [3.05, 3.63) is 48.3 Å². The van der Waals surface area contributed by atoms with E-state index >= 15 is 0 Å². The summed E-state index contributed by atoms with van der Waals surface area (Å²) in [5.41, 5.74) is 2.88. The van der Waals surface area contributed by atoms with Gasteiger partial charge >= 0.3 is 0 Å². The minimum Gasteiger partial charge on any atom is -0.495 e. The summed E-state index contributed by atoms with van der Waals surface area (Å²) in [5, 5.41) is 7.24. The first kappa shape index (κ1) is 17.2. The molecule has 25 heavy (non-hydrogen) atoms. The van der Waals surface area contributed by atoms with Gasteiger partial charge < -0.3 is 10.1 Å². The van der Waals surface area contributed by atoms with Crippen LogP contribution in [0.15, 0.2) is 37.2 Å². The van der Waals surface area contributed by atoms with Gasteiger partial charge in [0.05, 0.1) is 25.0 Å². The van der Waals surface area contributed by atoms with Crippen molar-refractivity contribution in [1.82, 2.24) is 14.7 Å². The van der Waals surface area contributed by atoms with Gasteiger partial charge in [0.1, 0.15) is 5.75 Å². The van der Waals surface area contributed by atoms with Crippen molar-refractivity contribution in [3.63, 3.8) is 0 Å². The van der Waals surface area contributed by atoms with E-state index < -0.39 is 0 Å². The first-order valence-corrected chi connectivity index (χ1v) is 8.46. The number of aromatic nitrogens is 2. The zero-order chi connectivity index (χ0) is 17.8. The number of hydrogen-bond donors (Lipinski definition) is 1. The quantitative estimate of drug-likeness (QED) is 0.878. The predicted octanol–water partition coefficient (Wildman–Crippen LogP) is 2.90. The molecule has 1 atom stereocenters. The van der Waals surface area contributed by atoms with Gasteiger partial charge in [-0.05, 0) is 44.0 Å². The van der Waals surface area contributed by atoms with Crippen molar-refractivity contribution < 1.29 is 9.53 Å². The Balaban J connectivity index is 1.70. The number of nitrogens with zero attached hydrogens (tertiary/aromatic N) is 3. The smallest absolute Gasteiger partial charge is 0.241 e. The lowest BCUT2D eigenvalue weighted by Crippen LogP contribution is -2.39. The summed E-state index contributed by atoms with van der Waals surface area (Å²) in [7, 11) is 1.61. The van der Waals surface area contributed by atoms with Crippen LogP contribution >= 0.6 is 0 Å². The van der Waals surface area contributed by atoms with Crippen LogP contribution in [0, 0.1) is 6.92 Å². The van der Waals surface area contributed by atoms with Crippen LogP contribution in [0.1, 0.15) is 24.0 Å². The number of likely N-dealkylation sites (tertiary alicyclic amines) is 1. The number of hydrogen-bond acceptors (Lipinski definition) is 4. The summed E-state index contributed by atoms with van der Waals surface area (Å²) in [6.07, 6.45) is 7.28. The van der Waals surface area contributed by atoms with Gasteiger partial charge in [-0.25, -0.2) is 4.68 Å². The fourth-order valence-electron chi connectivity index (χ4n) is 3.24. The number of nitrogens with one attached hydrogen (secondary N) is 1. The number of anilines is 1. The highest BCUT2D eigenvalue weighted by molar-refractivity contribution is 5.96. The Hall–Kier alpha value is -2.60. The Kier molecular flexibility index (Phi) is 5.19. The topological polar surface area (TPSA) is 59.4 Å². The van der Waals surface area contributed by atoms with Gasteiger partial charge in [0.2, 0.25) is 5.91 Å². The minimum atomic E-state index is -0.141. The zero-order valence-corrected chi connectivity index (χ0v) is 14.7. The van der Waals surface area contributed by atoms with Crippen LogP contribution in [-0.2, 0) is 11.3 Å². The van der Waals surface area contributed by atoms with E-state index in [0.29, 0.717) is 12.3 Å². The highest BCUT2D eigenvalue weighted by Gasteiger charge is 2.31. The van der Waals surface area contributed by atoms with Gasteiger partial charge in [-0.1, -0.05) is 12.6 Å². The molecule has 1 N–H and O–H groups in total. The molecule has 6 nitrogen and oxygen atoms in total. The number of rotatable bonds is 6. The van der Waals surface area contributed by atoms with Gasteiger partial charge in [-0.15, -0.1) is 0 Å². The average molecular weight is 340 g/mol. The molecular weight excluding hydrogens is 316 g/mol. The van der Waals surface area contributed by atoms with Crippen LogP contribution in [0.5, 0.6) is 5.75 Å². The molecular formula is C19H24N4O2. The molecule has 2 aromatic rings. The number of carbonyl (C=O) groups is 1. The molecule has 3 rings (SSSR count). The van der Waals surface area contributed by atoms with Gasteiger partial charge in [0, 0.05) is 24.5 Å². The SMILES string of the molecule is C=Cn1cc(CN2CCC[C@H]2C(=O)Nc2cc(C)ccc2OC)cn1. The van der Waals surface area contributed by atoms with E-state index in [9.17, 15) is 4.79 Å². The normalized spacial score (nSPS) is 17.4. The van der Waals surface area contributed by atoms with Crippen molar-refractivity contribution in [2.75, 3.05) is 19.0 Å². The summed E-state index contributed by atoms with van der Waals surface area (Å²) in [6, 6.07) is 5.64. The maximum atomic E-state index is 12.8. The van der Waals surface area contributed by atoms with E-state index in [0.717, 1.165) is 36.2 Å². The van der Waals surface area contributed by atoms with Crippen molar-refractivity contribution in [1.29, 1.82) is 0 Å². The van der Waals surface area contributed by atoms with Crippen LogP contribution in [0.3, 0.4) is 0 Å². The second-order valence-corrected chi connectivity index (χ2v) is 6.33. The van der Waals surface area contributed by atoms with E-state index in [2.05, 4.69) is 21.9 Å². The summed E-state index contributed by atoms with van der Waals surface area (Å²) in [4.78, 5) is 15.0. The molecule has 0 aliphatic carbocycles. The molecule has 0 saturated carbocycles. The average Bonchev–Trinajstić information content (AvgIpc) is 3.24. The third kappa shape index (κ3) is 3.91. The third-order valence-corrected chi connectivity index (χ3v) is 4.51. The lowest BCUT2D eigenvalue weighted by Gasteiger charge is -2.23. The number of carbonyl (C=O) groups excluding carboxylic acids is 1. The molecule has 2 heterocycles. The molecule has 1 aliphatic rings. The van der Waals surface area contributed by atoms with E-state index in [-0.39, 0.29) is 11.9 Å². The highest BCUT2D eigenvalue weighted by atomic mass is 16.5. The predicted molar refractivity (Wildman–Crippen MR) is 98.4 cm³/mol. The third-order valence-electron chi connectivity index (χ3n) is 4.51. The van der Waals surface area contributed by atoms with Gasteiger partial charge in [0.15, 0.2) is 0 Å². The summed E-state index contributed by atoms with van der Waals surface area (Å²) in [5.74, 6) is 0.688. The number of methoxy groups -OCH3 is 1. The van der Waals surface area contributed by atoms with Crippen LogP contribution in [0.4, 0.5) is 5.69 Å². The fourth-order valence-corrected chi connectivity index (χ4v) is 3.24. The molecule has 132 valence electrons. The van der Waals surface area contributed by atoms with E-state index in [1.165, 1.54) is 0 Å². The molecule has 1 aliphatic heterocycles. The molecule has 0 bridgehead atoms. The number of amides is 1. The van der Waals surface area contributed by atoms with Crippen LogP contribution in [0.25, 0.3) is 6.20 Å². The fraction of sp³-hybridized carbons (Fsp3) is 0.368. The van der Waals surface area contributed by atoms with Gasteiger partial charge in [-0.2, -0.15) is 5.10 Å². The standard InChI is InChI=1S/C19H24N4O2/c1-4-23-13-15(11-20-23)12-22-9-5-6-17(22)19(24)21-16-10-14(2)7-8-18(16)25-3/h4,7-8,10-11,13,17H,1,5-6,9,12H2,2-3H3,(H,21,24)/t17-/m0/s1. The van der Waals surface area contributed by atoms with E-state index in [4.69, 9.17) is 4.74 Å². The van der Waals surface area contributed by atoms with Gasteiger partial charge in [-0.3, -0.25) is 9.69 Å². The Morgan fingerprint density at radius 1 is 1.52 bits per heavy atom. The maximum absolute atomic E-state index is 12.8. The van der Waals surface area contributed by atoms with Gasteiger partial charge in [0.25, 0.3) is 0 Å². The van der Waals surface area contributed by atoms with Crippen molar-refractivity contribution >= 4 is 17.8 Å². The minimum absolute atomic E-state index is 0.0116. The maximum Gasteiger partial charge on any atom is 0.241 e. The molecule has 1 aromatic heterocycles. The molecule has 1 aromatic carbocycles. The summed E-state index contributed by atoms with van der Waals surface area (Å²) in [6.45, 7) is 7.30. The zero-order valence-electron chi connectivity index (χ0n) is 14.7. The largest absolute Gasteiger partial charge is 0.495 e. The Bertz CT molecular complexity index is 769. The Labute approximate surface area is 148 Å². The van der Waals surface area contributed by atoms with Crippen molar-refractivity contribution in [2.24, 2.45) is 0 Å². The lowest BCUT2D eigenvalue weighted by molar-refractivity contribution is -0.120. The number of ether oxygens (including phenoxy) is 1. The molecule has 0 radical (unpaired) electrons.